The molecule has 4 atom stereocenters. The van der Waals surface area contributed by atoms with E-state index >= 15 is 0 Å². The van der Waals surface area contributed by atoms with Gasteiger partial charge in [-0.3, -0.25) is 0 Å². The zero-order valence-corrected chi connectivity index (χ0v) is 13.4. The molecular formula is C16H29NO3. The van der Waals surface area contributed by atoms with Crippen molar-refractivity contribution in [2.24, 2.45) is 23.2 Å². The van der Waals surface area contributed by atoms with Crippen molar-refractivity contribution >= 4 is 6.09 Å². The zero-order valence-electron chi connectivity index (χ0n) is 13.4. The molecule has 0 aromatic carbocycles. The van der Waals surface area contributed by atoms with Gasteiger partial charge < -0.3 is 15.2 Å². The maximum absolute atomic E-state index is 12.1. The Bertz CT molecular complexity index is 372. The van der Waals surface area contributed by atoms with E-state index in [0.29, 0.717) is 17.3 Å². The maximum Gasteiger partial charge on any atom is 0.407 e. The first-order valence-corrected chi connectivity index (χ1v) is 7.75. The van der Waals surface area contributed by atoms with Crippen LogP contribution in [0, 0.1) is 23.2 Å². The molecule has 2 N–H and O–H groups in total. The van der Waals surface area contributed by atoms with Crippen molar-refractivity contribution in [3.8, 4) is 0 Å². The molecule has 2 bridgehead atoms. The van der Waals surface area contributed by atoms with Crippen molar-refractivity contribution in [3.05, 3.63) is 0 Å². The molecule has 3 rings (SSSR count). The maximum atomic E-state index is 12.1. The summed E-state index contributed by atoms with van der Waals surface area (Å²) in [6.07, 6.45) is 2.73. The molecule has 20 heavy (non-hydrogen) atoms. The largest absolute Gasteiger partial charge is 0.444 e. The highest BCUT2D eigenvalue weighted by atomic mass is 16.6. The lowest BCUT2D eigenvalue weighted by Crippen LogP contribution is -2.63. The number of hydrogen-bond acceptors (Lipinski definition) is 3. The molecule has 0 aromatic rings. The Morgan fingerprint density at radius 2 is 2.00 bits per heavy atom. The van der Waals surface area contributed by atoms with E-state index in [1.54, 1.807) is 0 Å². The highest BCUT2D eigenvalue weighted by Crippen LogP contribution is 2.61. The summed E-state index contributed by atoms with van der Waals surface area (Å²) < 4.78 is 5.39. The number of carbonyl (C=O) groups is 1. The Hall–Kier alpha value is -0.770. The third-order valence-electron chi connectivity index (χ3n) is 5.26. The standard InChI is InChI=1S/C16H29NO3/c1-15(2,3)20-14(19)17-13-10(6-7-18)8-11-9-12(13)16(11,4)5/h10-13,18H,6-9H2,1-5H3,(H,17,19)/t10-,11-,12+,13+/m0/s1. The van der Waals surface area contributed by atoms with Crippen LogP contribution in [-0.2, 0) is 4.74 Å². The highest BCUT2D eigenvalue weighted by Gasteiger charge is 2.57. The molecule has 116 valence electrons. The Morgan fingerprint density at radius 3 is 2.50 bits per heavy atom. The van der Waals surface area contributed by atoms with E-state index in [4.69, 9.17) is 4.74 Å². The van der Waals surface area contributed by atoms with Crippen molar-refractivity contribution in [3.63, 3.8) is 0 Å². The van der Waals surface area contributed by atoms with Gasteiger partial charge in [0.2, 0.25) is 0 Å². The van der Waals surface area contributed by atoms with E-state index in [9.17, 15) is 9.90 Å². The van der Waals surface area contributed by atoms with Gasteiger partial charge in [-0.15, -0.1) is 0 Å². The minimum Gasteiger partial charge on any atom is -0.444 e. The number of fused-ring (bicyclic) bond motifs is 2. The number of alkyl carbamates (subject to hydrolysis) is 1. The molecule has 0 radical (unpaired) electrons. The molecule has 0 saturated heterocycles. The average Bonchev–Trinajstić information content (AvgIpc) is 2.28. The van der Waals surface area contributed by atoms with E-state index in [0.717, 1.165) is 18.8 Å². The molecule has 4 nitrogen and oxygen atoms in total. The average molecular weight is 283 g/mol. The lowest BCUT2D eigenvalue weighted by atomic mass is 9.44. The molecule has 0 aromatic heterocycles. The van der Waals surface area contributed by atoms with Crippen molar-refractivity contribution in [2.75, 3.05) is 6.61 Å². The van der Waals surface area contributed by atoms with Gasteiger partial charge in [0.05, 0.1) is 0 Å². The van der Waals surface area contributed by atoms with Gasteiger partial charge in [-0.1, -0.05) is 13.8 Å². The quantitative estimate of drug-likeness (QED) is 0.837. The number of amides is 1. The number of carbonyl (C=O) groups excluding carboxylic acids is 1. The lowest BCUT2D eigenvalue weighted by Gasteiger charge is -2.62. The molecule has 0 aliphatic heterocycles. The van der Waals surface area contributed by atoms with Crippen LogP contribution < -0.4 is 5.32 Å². The minimum atomic E-state index is -0.469. The summed E-state index contributed by atoms with van der Waals surface area (Å²) in [6.45, 7) is 10.4. The third kappa shape index (κ3) is 2.95. The van der Waals surface area contributed by atoms with Crippen LogP contribution >= 0.6 is 0 Å². The monoisotopic (exact) mass is 283 g/mol. The van der Waals surface area contributed by atoms with Crippen molar-refractivity contribution in [1.82, 2.24) is 5.32 Å². The molecule has 1 amide bonds. The molecule has 3 saturated carbocycles. The van der Waals surface area contributed by atoms with Gasteiger partial charge in [-0.2, -0.15) is 0 Å². The molecule has 0 heterocycles. The SMILES string of the molecule is CC(C)(C)OC(=O)N[C@@H]1[C@@H](CCO)C[C@H]2C[C@H]1C2(C)C. The fourth-order valence-corrected chi connectivity index (χ4v) is 4.03. The first-order chi connectivity index (χ1) is 9.15. The third-order valence-corrected chi connectivity index (χ3v) is 5.26. The summed E-state index contributed by atoms with van der Waals surface area (Å²) >= 11 is 0. The summed E-state index contributed by atoms with van der Waals surface area (Å²) in [5, 5.41) is 12.3. The predicted octanol–water partition coefficient (Wildman–Crippen LogP) is 2.94. The molecule has 3 aliphatic rings. The lowest BCUT2D eigenvalue weighted by molar-refractivity contribution is -0.117. The second-order valence-corrected chi connectivity index (χ2v) is 8.04. The first-order valence-electron chi connectivity index (χ1n) is 7.75. The Morgan fingerprint density at radius 1 is 1.35 bits per heavy atom. The summed E-state index contributed by atoms with van der Waals surface area (Å²) in [6, 6.07) is 0.136. The van der Waals surface area contributed by atoms with Crippen LogP contribution in [0.2, 0.25) is 0 Å². The number of rotatable bonds is 3. The molecular weight excluding hydrogens is 254 g/mol. The highest BCUT2D eigenvalue weighted by molar-refractivity contribution is 5.68. The van der Waals surface area contributed by atoms with Crippen LogP contribution in [0.5, 0.6) is 0 Å². The van der Waals surface area contributed by atoms with Crippen LogP contribution in [0.25, 0.3) is 0 Å². The summed E-state index contributed by atoms with van der Waals surface area (Å²) in [7, 11) is 0. The van der Waals surface area contributed by atoms with Gasteiger partial charge in [0, 0.05) is 12.6 Å². The molecule has 3 fully saturated rings. The number of hydrogen-bond donors (Lipinski definition) is 2. The minimum absolute atomic E-state index is 0.136. The van der Waals surface area contributed by atoms with Crippen LogP contribution in [0.4, 0.5) is 4.79 Å². The van der Waals surface area contributed by atoms with E-state index < -0.39 is 5.60 Å². The van der Waals surface area contributed by atoms with Crippen LogP contribution in [-0.4, -0.2) is 29.4 Å². The molecule has 4 heteroatoms. The van der Waals surface area contributed by atoms with Gasteiger partial charge >= 0.3 is 6.09 Å². The smallest absolute Gasteiger partial charge is 0.407 e. The second kappa shape index (κ2) is 5.21. The van der Waals surface area contributed by atoms with E-state index in [-0.39, 0.29) is 18.7 Å². The van der Waals surface area contributed by atoms with E-state index in [1.807, 2.05) is 20.8 Å². The first kappa shape index (κ1) is 15.6. The van der Waals surface area contributed by atoms with E-state index in [1.165, 1.54) is 6.42 Å². The predicted molar refractivity (Wildman–Crippen MR) is 78.3 cm³/mol. The second-order valence-electron chi connectivity index (χ2n) is 8.04. The van der Waals surface area contributed by atoms with Crippen LogP contribution in [0.3, 0.4) is 0 Å². The molecule has 0 spiro atoms. The topological polar surface area (TPSA) is 58.6 Å². The Balaban J connectivity index is 2.03. The van der Waals surface area contributed by atoms with Crippen molar-refractivity contribution in [1.29, 1.82) is 0 Å². The van der Waals surface area contributed by atoms with Gasteiger partial charge in [0.25, 0.3) is 0 Å². The number of aliphatic hydroxyl groups is 1. The van der Waals surface area contributed by atoms with Gasteiger partial charge in [0.1, 0.15) is 5.60 Å². The number of nitrogens with one attached hydrogen (secondary N) is 1. The van der Waals surface area contributed by atoms with Gasteiger partial charge in [0.15, 0.2) is 0 Å². The summed E-state index contributed by atoms with van der Waals surface area (Å²) in [5.41, 5.74) is -0.172. The number of aliphatic hydroxyl groups excluding tert-OH is 1. The zero-order chi connectivity index (χ0) is 15.1. The summed E-state index contributed by atoms with van der Waals surface area (Å²) in [4.78, 5) is 12.1. The summed E-state index contributed by atoms with van der Waals surface area (Å²) in [5.74, 6) is 1.62. The Labute approximate surface area is 122 Å². The normalized spacial score (nSPS) is 35.1. The Kier molecular flexibility index (Phi) is 4.07. The molecule has 0 unspecified atom stereocenters. The fraction of sp³-hybridized carbons (Fsp3) is 0.938. The van der Waals surface area contributed by atoms with Crippen molar-refractivity contribution in [2.45, 2.75) is 65.5 Å². The van der Waals surface area contributed by atoms with E-state index in [2.05, 4.69) is 19.2 Å². The fourth-order valence-electron chi connectivity index (χ4n) is 4.03. The van der Waals surface area contributed by atoms with Crippen LogP contribution in [0.15, 0.2) is 0 Å². The van der Waals surface area contributed by atoms with Crippen molar-refractivity contribution < 1.29 is 14.6 Å². The van der Waals surface area contributed by atoms with Gasteiger partial charge in [-0.25, -0.2) is 4.79 Å². The van der Waals surface area contributed by atoms with Gasteiger partial charge in [-0.05, 0) is 63.2 Å². The van der Waals surface area contributed by atoms with Crippen LogP contribution in [0.1, 0.15) is 53.9 Å². The molecule has 3 aliphatic carbocycles. The number of ether oxygens (including phenoxy) is 1.